The number of rotatable bonds is 2. The molecule has 0 unspecified atom stereocenters. The zero-order valence-electron chi connectivity index (χ0n) is 7.96. The lowest BCUT2D eigenvalue weighted by molar-refractivity contribution is 0.510. The van der Waals surface area contributed by atoms with Crippen molar-refractivity contribution in [3.8, 4) is 0 Å². The molecule has 1 saturated heterocycles. The highest BCUT2D eigenvalue weighted by Crippen LogP contribution is 2.16. The quantitative estimate of drug-likeness (QED) is 0.765. The minimum Gasteiger partial charge on any atom is -0.314 e. The van der Waals surface area contributed by atoms with E-state index in [2.05, 4.69) is 22.8 Å². The Morgan fingerprint density at radius 3 is 3.23 bits per heavy atom. The zero-order valence-corrected chi connectivity index (χ0v) is 8.78. The van der Waals surface area contributed by atoms with Gasteiger partial charge in [-0.1, -0.05) is 18.9 Å². The lowest BCUT2D eigenvalue weighted by Gasteiger charge is -2.13. The minimum absolute atomic E-state index is 0.737. The van der Waals surface area contributed by atoms with Crippen LogP contribution >= 0.6 is 11.3 Å². The van der Waals surface area contributed by atoms with Crippen molar-refractivity contribution >= 4 is 11.3 Å². The molecule has 0 spiro atoms. The Kier molecular flexibility index (Phi) is 3.39. The summed E-state index contributed by atoms with van der Waals surface area (Å²) in [7, 11) is 0. The summed E-state index contributed by atoms with van der Waals surface area (Å²) in [6.45, 7) is 1.22. The molecule has 2 rings (SSSR count). The molecule has 1 nitrogen and oxygen atoms in total. The molecule has 0 saturated carbocycles. The van der Waals surface area contributed by atoms with Gasteiger partial charge in [0.05, 0.1) is 0 Å². The van der Waals surface area contributed by atoms with Crippen molar-refractivity contribution in [1.29, 1.82) is 0 Å². The molecule has 0 aromatic carbocycles. The summed E-state index contributed by atoms with van der Waals surface area (Å²) >= 11 is 1.88. The molecule has 2 heterocycles. The molecule has 2 heteroatoms. The molecule has 1 atom stereocenters. The topological polar surface area (TPSA) is 12.0 Å². The summed E-state index contributed by atoms with van der Waals surface area (Å²) in [5.41, 5.74) is 0. The largest absolute Gasteiger partial charge is 0.314 e. The van der Waals surface area contributed by atoms with Crippen molar-refractivity contribution in [2.75, 3.05) is 6.54 Å². The molecule has 0 bridgehead atoms. The summed E-state index contributed by atoms with van der Waals surface area (Å²) in [6.07, 6.45) is 6.77. The van der Waals surface area contributed by atoms with Crippen LogP contribution in [0.15, 0.2) is 17.5 Å². The molecule has 1 aliphatic heterocycles. The highest BCUT2D eigenvalue weighted by Gasteiger charge is 2.11. The first-order chi connectivity index (χ1) is 6.45. The Balaban J connectivity index is 1.86. The van der Waals surface area contributed by atoms with Crippen LogP contribution in [0.5, 0.6) is 0 Å². The maximum Gasteiger partial charge on any atom is 0.0115 e. The number of thiophene rings is 1. The first kappa shape index (κ1) is 9.22. The Hall–Kier alpha value is -0.340. The van der Waals surface area contributed by atoms with Gasteiger partial charge in [0.1, 0.15) is 0 Å². The van der Waals surface area contributed by atoms with Gasteiger partial charge in [-0.25, -0.2) is 0 Å². The fourth-order valence-corrected chi connectivity index (χ4v) is 2.73. The SMILES string of the molecule is c1csc(C[C@@H]2CCCCCN2)c1. The molecule has 1 aromatic heterocycles. The van der Waals surface area contributed by atoms with Crippen molar-refractivity contribution in [2.24, 2.45) is 0 Å². The van der Waals surface area contributed by atoms with Gasteiger partial charge in [-0.05, 0) is 37.3 Å². The molecule has 13 heavy (non-hydrogen) atoms. The van der Waals surface area contributed by atoms with E-state index < -0.39 is 0 Å². The Labute approximate surface area is 84.2 Å². The molecule has 0 aliphatic carbocycles. The van der Waals surface area contributed by atoms with Crippen LogP contribution in [0.2, 0.25) is 0 Å². The second kappa shape index (κ2) is 4.77. The number of hydrogen-bond donors (Lipinski definition) is 1. The Bertz CT molecular complexity index is 222. The minimum atomic E-state index is 0.737. The van der Waals surface area contributed by atoms with E-state index in [1.54, 1.807) is 0 Å². The number of nitrogens with one attached hydrogen (secondary N) is 1. The fraction of sp³-hybridized carbons (Fsp3) is 0.636. The van der Waals surface area contributed by atoms with Crippen LogP contribution in [0.1, 0.15) is 30.6 Å². The predicted octanol–water partition coefficient (Wildman–Crippen LogP) is 2.82. The monoisotopic (exact) mass is 195 g/mol. The van der Waals surface area contributed by atoms with Crippen molar-refractivity contribution in [3.63, 3.8) is 0 Å². The highest BCUT2D eigenvalue weighted by atomic mass is 32.1. The van der Waals surface area contributed by atoms with Gasteiger partial charge < -0.3 is 5.32 Å². The molecule has 1 N–H and O–H groups in total. The van der Waals surface area contributed by atoms with Gasteiger partial charge in [-0.2, -0.15) is 0 Å². The average molecular weight is 195 g/mol. The molecule has 0 radical (unpaired) electrons. The lowest BCUT2D eigenvalue weighted by atomic mass is 10.1. The van der Waals surface area contributed by atoms with Crippen molar-refractivity contribution in [3.05, 3.63) is 22.4 Å². The van der Waals surface area contributed by atoms with E-state index in [9.17, 15) is 0 Å². The summed E-state index contributed by atoms with van der Waals surface area (Å²) in [5.74, 6) is 0. The summed E-state index contributed by atoms with van der Waals surface area (Å²) < 4.78 is 0. The summed E-state index contributed by atoms with van der Waals surface area (Å²) in [4.78, 5) is 1.53. The normalized spacial score (nSPS) is 24.2. The van der Waals surface area contributed by atoms with Gasteiger partial charge >= 0.3 is 0 Å². The van der Waals surface area contributed by atoms with E-state index in [1.165, 1.54) is 43.5 Å². The van der Waals surface area contributed by atoms with Gasteiger partial charge in [-0.3, -0.25) is 0 Å². The maximum atomic E-state index is 3.63. The number of hydrogen-bond acceptors (Lipinski definition) is 2. The van der Waals surface area contributed by atoms with Crippen molar-refractivity contribution in [2.45, 2.75) is 38.1 Å². The molecule has 72 valence electrons. The van der Waals surface area contributed by atoms with Crippen molar-refractivity contribution < 1.29 is 0 Å². The molecular formula is C11H17NS. The predicted molar refractivity (Wildman–Crippen MR) is 58.3 cm³/mol. The summed E-state index contributed by atoms with van der Waals surface area (Å²) in [5, 5.41) is 5.80. The van der Waals surface area contributed by atoms with E-state index in [1.807, 2.05) is 11.3 Å². The van der Waals surface area contributed by atoms with Crippen LogP contribution in [-0.4, -0.2) is 12.6 Å². The third kappa shape index (κ3) is 2.82. The maximum absolute atomic E-state index is 3.63. The van der Waals surface area contributed by atoms with Crippen molar-refractivity contribution in [1.82, 2.24) is 5.32 Å². The van der Waals surface area contributed by atoms with E-state index in [4.69, 9.17) is 0 Å². The average Bonchev–Trinajstić information content (AvgIpc) is 2.49. The van der Waals surface area contributed by atoms with Crippen LogP contribution in [-0.2, 0) is 6.42 Å². The second-order valence-corrected chi connectivity index (χ2v) is 4.82. The molecular weight excluding hydrogens is 178 g/mol. The highest BCUT2D eigenvalue weighted by molar-refractivity contribution is 7.09. The van der Waals surface area contributed by atoms with E-state index in [0.717, 1.165) is 6.04 Å². The first-order valence-corrected chi connectivity index (χ1v) is 6.09. The van der Waals surface area contributed by atoms with Gasteiger partial charge in [-0.15, -0.1) is 11.3 Å². The molecule has 1 aromatic rings. The molecule has 0 amide bonds. The lowest BCUT2D eigenvalue weighted by Crippen LogP contribution is -2.29. The molecule has 1 aliphatic rings. The second-order valence-electron chi connectivity index (χ2n) is 3.78. The fourth-order valence-electron chi connectivity index (χ4n) is 1.95. The molecule has 1 fully saturated rings. The smallest absolute Gasteiger partial charge is 0.0115 e. The third-order valence-corrected chi connectivity index (χ3v) is 3.59. The third-order valence-electron chi connectivity index (χ3n) is 2.69. The van der Waals surface area contributed by atoms with E-state index in [-0.39, 0.29) is 0 Å². The van der Waals surface area contributed by atoms with Crippen LogP contribution < -0.4 is 5.32 Å². The van der Waals surface area contributed by atoms with Crippen LogP contribution in [0.25, 0.3) is 0 Å². The first-order valence-electron chi connectivity index (χ1n) is 5.21. The standard InChI is InChI=1S/C11H17NS/c1-2-5-10(12-7-3-1)9-11-6-4-8-13-11/h4,6,8,10,12H,1-3,5,7,9H2/t10-/m0/s1. The van der Waals surface area contributed by atoms with E-state index in [0.29, 0.717) is 0 Å². The Morgan fingerprint density at radius 2 is 2.38 bits per heavy atom. The van der Waals surface area contributed by atoms with Crippen LogP contribution in [0.3, 0.4) is 0 Å². The summed E-state index contributed by atoms with van der Waals surface area (Å²) in [6, 6.07) is 5.13. The van der Waals surface area contributed by atoms with Crippen LogP contribution in [0, 0.1) is 0 Å². The van der Waals surface area contributed by atoms with E-state index >= 15 is 0 Å². The van der Waals surface area contributed by atoms with Crippen LogP contribution in [0.4, 0.5) is 0 Å². The Morgan fingerprint density at radius 1 is 1.38 bits per heavy atom. The van der Waals surface area contributed by atoms with Gasteiger partial charge in [0.15, 0.2) is 0 Å². The van der Waals surface area contributed by atoms with Gasteiger partial charge in [0.2, 0.25) is 0 Å². The van der Waals surface area contributed by atoms with Gasteiger partial charge in [0.25, 0.3) is 0 Å². The van der Waals surface area contributed by atoms with Gasteiger partial charge in [0, 0.05) is 10.9 Å². The zero-order chi connectivity index (χ0) is 8.93.